The van der Waals surface area contributed by atoms with Crippen molar-refractivity contribution >= 4 is 12.0 Å². The average molecular weight is 298 g/mol. The lowest BCUT2D eigenvalue weighted by molar-refractivity contribution is -0.148. The zero-order valence-electron chi connectivity index (χ0n) is 12.7. The molecule has 2 fully saturated rings. The molecule has 0 saturated heterocycles. The molecule has 0 radical (unpaired) electrons. The van der Waals surface area contributed by atoms with Gasteiger partial charge in [0.2, 0.25) is 0 Å². The molecule has 6 heteroatoms. The first-order valence-corrected chi connectivity index (χ1v) is 7.82. The maximum Gasteiger partial charge on any atom is 0.317 e. The van der Waals surface area contributed by atoms with Crippen molar-refractivity contribution in [2.45, 2.75) is 57.0 Å². The fourth-order valence-electron chi connectivity index (χ4n) is 3.60. The first-order chi connectivity index (χ1) is 9.87. The highest BCUT2D eigenvalue weighted by Crippen LogP contribution is 2.37. The topological polar surface area (TPSA) is 89.9 Å². The molecule has 6 nitrogen and oxygen atoms in total. The molecule has 0 aromatic carbocycles. The minimum Gasteiger partial charge on any atom is -0.481 e. The number of carboxylic acid groups (broad SMARTS) is 1. The Kier molecular flexibility index (Phi) is 4.76. The van der Waals surface area contributed by atoms with Crippen LogP contribution in [-0.4, -0.2) is 52.9 Å². The van der Waals surface area contributed by atoms with E-state index in [-0.39, 0.29) is 12.6 Å². The molecular formula is C15H26N2O4. The molecule has 120 valence electrons. The number of carbonyl (C=O) groups is 2. The van der Waals surface area contributed by atoms with E-state index in [1.807, 2.05) is 0 Å². The van der Waals surface area contributed by atoms with Gasteiger partial charge in [-0.25, -0.2) is 4.79 Å². The normalized spacial score (nSPS) is 23.0. The van der Waals surface area contributed by atoms with Gasteiger partial charge in [-0.1, -0.05) is 25.7 Å². The Morgan fingerprint density at radius 2 is 1.62 bits per heavy atom. The van der Waals surface area contributed by atoms with Gasteiger partial charge in [-0.2, -0.15) is 0 Å². The van der Waals surface area contributed by atoms with Crippen LogP contribution in [-0.2, 0) is 4.79 Å². The van der Waals surface area contributed by atoms with Crippen molar-refractivity contribution < 1.29 is 19.8 Å². The zero-order valence-corrected chi connectivity index (χ0v) is 12.7. The fourth-order valence-corrected chi connectivity index (χ4v) is 3.60. The van der Waals surface area contributed by atoms with E-state index < -0.39 is 17.0 Å². The van der Waals surface area contributed by atoms with Crippen LogP contribution in [0.15, 0.2) is 0 Å². The minimum absolute atomic E-state index is 0.171. The van der Waals surface area contributed by atoms with Crippen molar-refractivity contribution in [2.24, 2.45) is 5.41 Å². The summed E-state index contributed by atoms with van der Waals surface area (Å²) in [5.41, 5.74) is -1.58. The number of rotatable bonds is 5. The van der Waals surface area contributed by atoms with Crippen LogP contribution in [0.2, 0.25) is 0 Å². The lowest BCUT2D eigenvalue weighted by atomic mass is 9.86. The highest BCUT2D eigenvalue weighted by molar-refractivity contribution is 5.78. The lowest BCUT2D eigenvalue weighted by Crippen LogP contribution is -2.49. The zero-order chi connectivity index (χ0) is 15.5. The van der Waals surface area contributed by atoms with Crippen molar-refractivity contribution in [1.82, 2.24) is 10.2 Å². The first kappa shape index (κ1) is 16.1. The summed E-state index contributed by atoms with van der Waals surface area (Å²) in [6, 6.07) is -0.303. The molecular weight excluding hydrogens is 272 g/mol. The second-order valence-corrected chi connectivity index (χ2v) is 6.74. The number of nitrogens with one attached hydrogen (secondary N) is 1. The van der Waals surface area contributed by atoms with Gasteiger partial charge in [0.05, 0.1) is 17.6 Å². The van der Waals surface area contributed by atoms with E-state index in [1.54, 1.807) is 7.05 Å². The number of carbonyl (C=O) groups excluding carboxylic acids is 1. The van der Waals surface area contributed by atoms with Crippen LogP contribution in [0.5, 0.6) is 0 Å². The Labute approximate surface area is 125 Å². The largest absolute Gasteiger partial charge is 0.481 e. The van der Waals surface area contributed by atoms with E-state index in [0.717, 1.165) is 38.5 Å². The molecule has 0 aliphatic heterocycles. The van der Waals surface area contributed by atoms with Crippen molar-refractivity contribution in [2.75, 3.05) is 20.1 Å². The Morgan fingerprint density at radius 1 is 1.10 bits per heavy atom. The highest BCUT2D eigenvalue weighted by Gasteiger charge is 2.42. The summed E-state index contributed by atoms with van der Waals surface area (Å²) >= 11 is 0. The van der Waals surface area contributed by atoms with Crippen LogP contribution in [0.1, 0.15) is 51.4 Å². The van der Waals surface area contributed by atoms with Crippen LogP contribution in [0, 0.1) is 5.41 Å². The van der Waals surface area contributed by atoms with E-state index in [9.17, 15) is 19.8 Å². The van der Waals surface area contributed by atoms with Crippen LogP contribution in [0.3, 0.4) is 0 Å². The van der Waals surface area contributed by atoms with E-state index in [2.05, 4.69) is 5.32 Å². The van der Waals surface area contributed by atoms with Crippen molar-refractivity contribution in [3.8, 4) is 0 Å². The maximum absolute atomic E-state index is 12.1. The minimum atomic E-state index is -0.822. The Balaban J connectivity index is 1.84. The SMILES string of the molecule is CN(CC1(O)CCCC1)C(=O)NCC1(C(=O)O)CCCC1. The predicted octanol–water partition coefficient (Wildman–Crippen LogP) is 1.58. The third-order valence-corrected chi connectivity index (χ3v) is 5.00. The molecule has 0 spiro atoms. The summed E-state index contributed by atoms with van der Waals surface area (Å²) in [4.78, 5) is 25.0. The van der Waals surface area contributed by atoms with E-state index in [1.165, 1.54) is 4.90 Å². The average Bonchev–Trinajstić information content (AvgIpc) is 3.06. The number of carboxylic acids is 1. The smallest absolute Gasteiger partial charge is 0.317 e. The number of aliphatic carboxylic acids is 1. The Hall–Kier alpha value is -1.30. The first-order valence-electron chi connectivity index (χ1n) is 7.82. The number of likely N-dealkylation sites (N-methyl/N-ethyl adjacent to an activating group) is 1. The lowest BCUT2D eigenvalue weighted by Gasteiger charge is -2.30. The molecule has 0 heterocycles. The van der Waals surface area contributed by atoms with Gasteiger partial charge >= 0.3 is 12.0 Å². The fraction of sp³-hybridized carbons (Fsp3) is 0.867. The summed E-state index contributed by atoms with van der Waals surface area (Å²) in [7, 11) is 1.65. The van der Waals surface area contributed by atoms with Crippen molar-refractivity contribution in [3.05, 3.63) is 0 Å². The molecule has 2 amide bonds. The number of aliphatic hydroxyl groups is 1. The molecule has 0 aromatic heterocycles. The van der Waals surface area contributed by atoms with Gasteiger partial charge in [0, 0.05) is 13.6 Å². The quantitative estimate of drug-likeness (QED) is 0.719. The van der Waals surface area contributed by atoms with Gasteiger partial charge in [-0.3, -0.25) is 4.79 Å². The molecule has 21 heavy (non-hydrogen) atoms. The number of hydrogen-bond acceptors (Lipinski definition) is 3. The van der Waals surface area contributed by atoms with Crippen molar-refractivity contribution in [3.63, 3.8) is 0 Å². The molecule has 2 saturated carbocycles. The van der Waals surface area contributed by atoms with Gasteiger partial charge in [0.15, 0.2) is 0 Å². The molecule has 3 N–H and O–H groups in total. The van der Waals surface area contributed by atoms with Crippen LogP contribution in [0.25, 0.3) is 0 Å². The summed E-state index contributed by atoms with van der Waals surface area (Å²) in [5, 5.41) is 22.4. The summed E-state index contributed by atoms with van der Waals surface area (Å²) in [6.07, 6.45) is 6.48. The second-order valence-electron chi connectivity index (χ2n) is 6.74. The summed E-state index contributed by atoms with van der Waals surface area (Å²) < 4.78 is 0. The summed E-state index contributed by atoms with van der Waals surface area (Å²) in [5.74, 6) is -0.822. The molecule has 0 unspecified atom stereocenters. The molecule has 0 bridgehead atoms. The van der Waals surface area contributed by atoms with Crippen LogP contribution >= 0.6 is 0 Å². The third kappa shape index (κ3) is 3.67. The predicted molar refractivity (Wildman–Crippen MR) is 78.0 cm³/mol. The van der Waals surface area contributed by atoms with Crippen molar-refractivity contribution in [1.29, 1.82) is 0 Å². The van der Waals surface area contributed by atoms with Crippen LogP contribution < -0.4 is 5.32 Å². The molecule has 0 atom stereocenters. The van der Waals surface area contributed by atoms with Gasteiger partial charge in [-0.05, 0) is 25.7 Å². The summed E-state index contributed by atoms with van der Waals surface area (Å²) in [6.45, 7) is 0.475. The maximum atomic E-state index is 12.1. The molecule has 2 rings (SSSR count). The number of urea groups is 1. The number of amides is 2. The van der Waals surface area contributed by atoms with E-state index in [4.69, 9.17) is 0 Å². The van der Waals surface area contributed by atoms with Crippen LogP contribution in [0.4, 0.5) is 4.79 Å². The molecule has 2 aliphatic rings. The van der Waals surface area contributed by atoms with E-state index in [0.29, 0.717) is 19.4 Å². The van der Waals surface area contributed by atoms with E-state index >= 15 is 0 Å². The van der Waals surface area contributed by atoms with Gasteiger partial charge < -0.3 is 20.4 Å². The standard InChI is InChI=1S/C15H26N2O4/c1-17(11-15(21)8-4-5-9-15)13(20)16-10-14(12(18)19)6-2-3-7-14/h21H,2-11H2,1H3,(H,16,20)(H,18,19). The second kappa shape index (κ2) is 6.22. The number of hydrogen-bond donors (Lipinski definition) is 3. The number of nitrogens with zero attached hydrogens (tertiary/aromatic N) is 1. The highest BCUT2D eigenvalue weighted by atomic mass is 16.4. The third-order valence-electron chi connectivity index (χ3n) is 5.00. The molecule has 0 aromatic rings. The Bertz CT molecular complexity index is 398. The molecule has 2 aliphatic carbocycles. The van der Waals surface area contributed by atoms with Gasteiger partial charge in [0.25, 0.3) is 0 Å². The monoisotopic (exact) mass is 298 g/mol. The van der Waals surface area contributed by atoms with Gasteiger partial charge in [-0.15, -0.1) is 0 Å². The Morgan fingerprint density at radius 3 is 2.14 bits per heavy atom. The van der Waals surface area contributed by atoms with Gasteiger partial charge in [0.1, 0.15) is 0 Å².